The lowest BCUT2D eigenvalue weighted by Crippen LogP contribution is -2.48. The maximum absolute atomic E-state index is 4.22. The summed E-state index contributed by atoms with van der Waals surface area (Å²) in [6.07, 6.45) is 1.91. The molecule has 0 bridgehead atoms. The van der Waals surface area contributed by atoms with Crippen molar-refractivity contribution in [2.24, 2.45) is 0 Å². The molecule has 0 saturated carbocycles. The molecule has 3 aromatic rings. The first-order valence-corrected chi connectivity index (χ1v) is 9.16. The van der Waals surface area contributed by atoms with Gasteiger partial charge in [-0.05, 0) is 31.9 Å². The maximum Gasteiger partial charge on any atom is 0.0695 e. The van der Waals surface area contributed by atoms with Crippen molar-refractivity contribution >= 4 is 0 Å². The SMILES string of the molecule is CC(NC(C)(C)CNCc1cn[nH]c1-c1ccccc1)c1ccccc1. The molecular formula is C22H28N4. The first-order chi connectivity index (χ1) is 12.6. The van der Waals surface area contributed by atoms with Crippen molar-refractivity contribution in [1.29, 1.82) is 0 Å². The van der Waals surface area contributed by atoms with Gasteiger partial charge in [-0.15, -0.1) is 0 Å². The van der Waals surface area contributed by atoms with Crippen LogP contribution in [0.5, 0.6) is 0 Å². The fourth-order valence-corrected chi connectivity index (χ4v) is 3.27. The van der Waals surface area contributed by atoms with E-state index in [0.717, 1.165) is 24.3 Å². The highest BCUT2D eigenvalue weighted by atomic mass is 15.1. The van der Waals surface area contributed by atoms with Crippen LogP contribution >= 0.6 is 0 Å². The minimum Gasteiger partial charge on any atom is -0.311 e. The Balaban J connectivity index is 1.55. The number of benzene rings is 2. The summed E-state index contributed by atoms with van der Waals surface area (Å²) in [6.45, 7) is 8.32. The van der Waals surface area contributed by atoms with Crippen molar-refractivity contribution in [3.05, 3.63) is 78.0 Å². The monoisotopic (exact) mass is 348 g/mol. The van der Waals surface area contributed by atoms with E-state index in [0.29, 0.717) is 6.04 Å². The van der Waals surface area contributed by atoms with Crippen LogP contribution in [0.2, 0.25) is 0 Å². The summed E-state index contributed by atoms with van der Waals surface area (Å²) in [5.74, 6) is 0. The summed E-state index contributed by atoms with van der Waals surface area (Å²) >= 11 is 0. The smallest absolute Gasteiger partial charge is 0.0695 e. The summed E-state index contributed by atoms with van der Waals surface area (Å²) in [5, 5.41) is 14.6. The van der Waals surface area contributed by atoms with Gasteiger partial charge < -0.3 is 10.6 Å². The summed E-state index contributed by atoms with van der Waals surface area (Å²) in [7, 11) is 0. The summed E-state index contributed by atoms with van der Waals surface area (Å²) < 4.78 is 0. The fourth-order valence-electron chi connectivity index (χ4n) is 3.27. The Morgan fingerprint density at radius 1 is 1.00 bits per heavy atom. The molecule has 0 fully saturated rings. The lowest BCUT2D eigenvalue weighted by Gasteiger charge is -2.31. The van der Waals surface area contributed by atoms with Gasteiger partial charge in [-0.25, -0.2) is 0 Å². The number of hydrogen-bond donors (Lipinski definition) is 3. The number of aromatic nitrogens is 2. The van der Waals surface area contributed by atoms with E-state index in [2.05, 4.69) is 84.1 Å². The normalized spacial score (nSPS) is 12.9. The number of hydrogen-bond acceptors (Lipinski definition) is 3. The molecule has 1 atom stereocenters. The highest BCUT2D eigenvalue weighted by molar-refractivity contribution is 5.62. The molecule has 2 aromatic carbocycles. The molecule has 0 spiro atoms. The highest BCUT2D eigenvalue weighted by Crippen LogP contribution is 2.21. The molecule has 1 heterocycles. The third-order valence-corrected chi connectivity index (χ3v) is 4.57. The van der Waals surface area contributed by atoms with Crippen LogP contribution in [0.3, 0.4) is 0 Å². The lowest BCUT2D eigenvalue weighted by atomic mass is 10.0. The number of H-pyrrole nitrogens is 1. The van der Waals surface area contributed by atoms with Gasteiger partial charge in [0.1, 0.15) is 0 Å². The largest absolute Gasteiger partial charge is 0.311 e. The van der Waals surface area contributed by atoms with Crippen LogP contribution in [-0.2, 0) is 6.54 Å². The molecule has 0 amide bonds. The summed E-state index contributed by atoms with van der Waals surface area (Å²) in [4.78, 5) is 0. The van der Waals surface area contributed by atoms with Gasteiger partial charge in [0.25, 0.3) is 0 Å². The zero-order chi connectivity index (χ0) is 18.4. The lowest BCUT2D eigenvalue weighted by molar-refractivity contribution is 0.330. The Labute approximate surface area is 156 Å². The van der Waals surface area contributed by atoms with E-state index in [1.54, 1.807) is 0 Å². The average molecular weight is 348 g/mol. The topological polar surface area (TPSA) is 52.7 Å². The minimum atomic E-state index is -0.0219. The number of nitrogens with zero attached hydrogens (tertiary/aromatic N) is 1. The second-order valence-corrected chi connectivity index (χ2v) is 7.40. The zero-order valence-corrected chi connectivity index (χ0v) is 15.8. The van der Waals surface area contributed by atoms with Gasteiger partial charge in [-0.1, -0.05) is 60.7 Å². The zero-order valence-electron chi connectivity index (χ0n) is 15.8. The predicted octanol–water partition coefficient (Wildman–Crippen LogP) is 4.30. The van der Waals surface area contributed by atoms with Gasteiger partial charge in [0.2, 0.25) is 0 Å². The molecule has 26 heavy (non-hydrogen) atoms. The van der Waals surface area contributed by atoms with E-state index in [1.807, 2.05) is 24.4 Å². The quantitative estimate of drug-likeness (QED) is 0.569. The third-order valence-electron chi connectivity index (χ3n) is 4.57. The van der Waals surface area contributed by atoms with Crippen molar-refractivity contribution in [1.82, 2.24) is 20.8 Å². The molecule has 3 rings (SSSR count). The van der Waals surface area contributed by atoms with E-state index in [-0.39, 0.29) is 5.54 Å². The molecule has 4 nitrogen and oxygen atoms in total. The number of nitrogens with one attached hydrogen (secondary N) is 3. The van der Waals surface area contributed by atoms with Crippen LogP contribution in [0.25, 0.3) is 11.3 Å². The van der Waals surface area contributed by atoms with Crippen molar-refractivity contribution in [2.75, 3.05) is 6.54 Å². The molecule has 0 aliphatic heterocycles. The van der Waals surface area contributed by atoms with Gasteiger partial charge in [-0.2, -0.15) is 5.10 Å². The van der Waals surface area contributed by atoms with Crippen LogP contribution in [-0.4, -0.2) is 22.3 Å². The Morgan fingerprint density at radius 3 is 2.35 bits per heavy atom. The van der Waals surface area contributed by atoms with E-state index in [4.69, 9.17) is 0 Å². The van der Waals surface area contributed by atoms with Gasteiger partial charge in [-0.3, -0.25) is 5.10 Å². The maximum atomic E-state index is 4.22. The molecule has 0 saturated heterocycles. The van der Waals surface area contributed by atoms with Gasteiger partial charge in [0.15, 0.2) is 0 Å². The van der Waals surface area contributed by atoms with Crippen molar-refractivity contribution < 1.29 is 0 Å². The van der Waals surface area contributed by atoms with Gasteiger partial charge in [0, 0.05) is 30.2 Å². The summed E-state index contributed by atoms with van der Waals surface area (Å²) in [5.41, 5.74) is 4.72. The second kappa shape index (κ2) is 8.30. The van der Waals surface area contributed by atoms with Crippen LogP contribution in [0.15, 0.2) is 66.9 Å². The molecule has 1 aromatic heterocycles. The molecule has 3 N–H and O–H groups in total. The van der Waals surface area contributed by atoms with Gasteiger partial charge >= 0.3 is 0 Å². The van der Waals surface area contributed by atoms with Crippen LogP contribution in [0.4, 0.5) is 0 Å². The second-order valence-electron chi connectivity index (χ2n) is 7.40. The highest BCUT2D eigenvalue weighted by Gasteiger charge is 2.20. The Kier molecular flexibility index (Phi) is 5.86. The fraction of sp³-hybridized carbons (Fsp3) is 0.318. The molecule has 136 valence electrons. The number of aromatic amines is 1. The molecule has 0 aliphatic carbocycles. The number of rotatable bonds is 8. The first-order valence-electron chi connectivity index (χ1n) is 9.16. The van der Waals surface area contributed by atoms with E-state index >= 15 is 0 Å². The Morgan fingerprint density at radius 2 is 1.65 bits per heavy atom. The van der Waals surface area contributed by atoms with E-state index in [9.17, 15) is 0 Å². The summed E-state index contributed by atoms with van der Waals surface area (Å²) in [6, 6.07) is 21.2. The Bertz CT molecular complexity index is 793. The van der Waals surface area contributed by atoms with Crippen LogP contribution < -0.4 is 10.6 Å². The third kappa shape index (κ3) is 4.81. The molecule has 0 aliphatic rings. The van der Waals surface area contributed by atoms with Crippen molar-refractivity contribution in [3.63, 3.8) is 0 Å². The van der Waals surface area contributed by atoms with Crippen molar-refractivity contribution in [3.8, 4) is 11.3 Å². The molecular weight excluding hydrogens is 320 g/mol. The minimum absolute atomic E-state index is 0.0219. The van der Waals surface area contributed by atoms with E-state index in [1.165, 1.54) is 11.1 Å². The molecule has 1 unspecified atom stereocenters. The molecule has 0 radical (unpaired) electrons. The van der Waals surface area contributed by atoms with E-state index < -0.39 is 0 Å². The van der Waals surface area contributed by atoms with Crippen LogP contribution in [0, 0.1) is 0 Å². The Hall–Kier alpha value is -2.43. The van der Waals surface area contributed by atoms with Gasteiger partial charge in [0.05, 0.1) is 11.9 Å². The molecule has 4 heteroatoms. The van der Waals surface area contributed by atoms with Crippen LogP contribution in [0.1, 0.15) is 37.9 Å². The average Bonchev–Trinajstić information content (AvgIpc) is 3.11. The standard InChI is InChI=1S/C22H28N4/c1-17(18-10-6-4-7-11-18)25-22(2,3)16-23-14-20-15-24-26-21(20)19-12-8-5-9-13-19/h4-13,15,17,23,25H,14,16H2,1-3H3,(H,24,26). The van der Waals surface area contributed by atoms with Crippen molar-refractivity contribution in [2.45, 2.75) is 38.9 Å². The first kappa shape index (κ1) is 18.4. The predicted molar refractivity (Wildman–Crippen MR) is 108 cm³/mol.